The number of hydrogen-bond donors (Lipinski definition) is 3. The van der Waals surface area contributed by atoms with Crippen molar-refractivity contribution in [2.75, 3.05) is 17.3 Å². The van der Waals surface area contributed by atoms with Crippen molar-refractivity contribution < 1.29 is 13.2 Å². The van der Waals surface area contributed by atoms with Crippen LogP contribution in [0, 0.1) is 5.92 Å². The molecule has 0 atom stereocenters. The van der Waals surface area contributed by atoms with Crippen molar-refractivity contribution >= 4 is 11.6 Å². The Morgan fingerprint density at radius 1 is 1.28 bits per heavy atom. The second kappa shape index (κ2) is 4.97. The zero-order valence-corrected chi connectivity index (χ0v) is 9.59. The predicted octanol–water partition coefficient (Wildman–Crippen LogP) is 1.99. The van der Waals surface area contributed by atoms with Gasteiger partial charge in [0, 0.05) is 12.6 Å². The summed E-state index contributed by atoms with van der Waals surface area (Å²) in [6.07, 6.45) is -1.24. The van der Waals surface area contributed by atoms with Crippen molar-refractivity contribution in [2.24, 2.45) is 11.8 Å². The van der Waals surface area contributed by atoms with Gasteiger partial charge in [0.15, 0.2) is 0 Å². The smallest absolute Gasteiger partial charge is 0.370 e. The number of hydrogen-bond acceptors (Lipinski definition) is 5. The van der Waals surface area contributed by atoms with E-state index >= 15 is 0 Å². The third-order valence-corrected chi connectivity index (χ3v) is 2.68. The SMILES string of the molecule is NNc1cc(NCCC2CC2)nc(C(F)(F)F)n1. The molecular weight excluding hydrogens is 247 g/mol. The molecule has 0 unspecified atom stereocenters. The Labute approximate surface area is 102 Å². The number of nitrogens with one attached hydrogen (secondary N) is 2. The van der Waals surface area contributed by atoms with Crippen LogP contribution >= 0.6 is 0 Å². The molecular formula is C10H14F3N5. The largest absolute Gasteiger partial charge is 0.451 e. The van der Waals surface area contributed by atoms with Crippen molar-refractivity contribution in [1.29, 1.82) is 0 Å². The first-order valence-electron chi connectivity index (χ1n) is 5.66. The molecule has 1 aromatic heterocycles. The maximum absolute atomic E-state index is 12.5. The number of nitrogens with zero attached hydrogens (tertiary/aromatic N) is 2. The predicted molar refractivity (Wildman–Crippen MR) is 60.7 cm³/mol. The minimum atomic E-state index is -4.58. The average molecular weight is 261 g/mol. The van der Waals surface area contributed by atoms with E-state index in [0.717, 1.165) is 6.42 Å². The number of nitrogen functional groups attached to an aromatic ring is 1. The molecule has 0 bridgehead atoms. The summed E-state index contributed by atoms with van der Waals surface area (Å²) in [5.41, 5.74) is 2.10. The highest BCUT2D eigenvalue weighted by Gasteiger charge is 2.35. The third kappa shape index (κ3) is 3.46. The van der Waals surface area contributed by atoms with Gasteiger partial charge in [-0.3, -0.25) is 0 Å². The van der Waals surface area contributed by atoms with Crippen LogP contribution < -0.4 is 16.6 Å². The molecule has 0 spiro atoms. The van der Waals surface area contributed by atoms with Gasteiger partial charge in [-0.2, -0.15) is 13.2 Å². The van der Waals surface area contributed by atoms with E-state index in [1.807, 2.05) is 0 Å². The van der Waals surface area contributed by atoms with Gasteiger partial charge in [0.25, 0.3) is 0 Å². The number of rotatable bonds is 5. The lowest BCUT2D eigenvalue weighted by Crippen LogP contribution is -2.17. The van der Waals surface area contributed by atoms with E-state index in [0.29, 0.717) is 12.5 Å². The molecule has 1 aliphatic carbocycles. The number of alkyl halides is 3. The standard InChI is InChI=1S/C10H14F3N5/c11-10(12,13)9-16-7(5-8(17-9)18-14)15-4-3-6-1-2-6/h5-6H,1-4,14H2,(H2,15,16,17,18). The summed E-state index contributed by atoms with van der Waals surface area (Å²) in [6.45, 7) is 0.600. The van der Waals surface area contributed by atoms with Crippen molar-refractivity contribution in [2.45, 2.75) is 25.4 Å². The lowest BCUT2D eigenvalue weighted by atomic mass is 10.3. The summed E-state index contributed by atoms with van der Waals surface area (Å²) in [5.74, 6) is 4.65. The van der Waals surface area contributed by atoms with Crippen LogP contribution in [0.15, 0.2) is 6.07 Å². The lowest BCUT2D eigenvalue weighted by Gasteiger charge is -2.11. The second-order valence-electron chi connectivity index (χ2n) is 4.26. The normalized spacial score (nSPS) is 15.6. The van der Waals surface area contributed by atoms with Gasteiger partial charge in [-0.1, -0.05) is 12.8 Å². The highest BCUT2D eigenvalue weighted by atomic mass is 19.4. The average Bonchev–Trinajstić information content (AvgIpc) is 3.11. The molecule has 0 aromatic carbocycles. The van der Waals surface area contributed by atoms with Crippen molar-refractivity contribution in [1.82, 2.24) is 9.97 Å². The van der Waals surface area contributed by atoms with Gasteiger partial charge in [0.1, 0.15) is 11.6 Å². The molecule has 1 fully saturated rings. The Kier molecular flexibility index (Phi) is 3.55. The minimum Gasteiger partial charge on any atom is -0.370 e. The van der Waals surface area contributed by atoms with Gasteiger partial charge in [-0.15, -0.1) is 0 Å². The van der Waals surface area contributed by atoms with Crippen LogP contribution in [0.5, 0.6) is 0 Å². The van der Waals surface area contributed by atoms with Gasteiger partial charge in [0.05, 0.1) is 0 Å². The quantitative estimate of drug-likeness (QED) is 0.558. The Balaban J connectivity index is 2.07. The Hall–Kier alpha value is -1.57. The molecule has 8 heteroatoms. The molecule has 0 saturated heterocycles. The van der Waals surface area contributed by atoms with E-state index in [4.69, 9.17) is 5.84 Å². The number of aromatic nitrogens is 2. The summed E-state index contributed by atoms with van der Waals surface area (Å²) in [7, 11) is 0. The molecule has 5 nitrogen and oxygen atoms in total. The van der Waals surface area contributed by atoms with Crippen molar-refractivity contribution in [3.8, 4) is 0 Å². The maximum atomic E-state index is 12.5. The molecule has 1 saturated carbocycles. The fraction of sp³-hybridized carbons (Fsp3) is 0.600. The fourth-order valence-corrected chi connectivity index (χ4v) is 1.55. The van der Waals surface area contributed by atoms with Gasteiger partial charge >= 0.3 is 6.18 Å². The van der Waals surface area contributed by atoms with Gasteiger partial charge in [-0.05, 0) is 12.3 Å². The lowest BCUT2D eigenvalue weighted by molar-refractivity contribution is -0.144. The maximum Gasteiger partial charge on any atom is 0.451 e. The van der Waals surface area contributed by atoms with Crippen LogP contribution in [-0.4, -0.2) is 16.5 Å². The molecule has 4 N–H and O–H groups in total. The van der Waals surface area contributed by atoms with Gasteiger partial charge < -0.3 is 10.7 Å². The molecule has 0 radical (unpaired) electrons. The van der Waals surface area contributed by atoms with Crippen LogP contribution in [0.25, 0.3) is 0 Å². The van der Waals surface area contributed by atoms with Gasteiger partial charge in [-0.25, -0.2) is 15.8 Å². The molecule has 1 heterocycles. The van der Waals surface area contributed by atoms with Crippen LogP contribution in [0.3, 0.4) is 0 Å². The topological polar surface area (TPSA) is 75.9 Å². The summed E-state index contributed by atoms with van der Waals surface area (Å²) in [5, 5.41) is 2.86. The molecule has 100 valence electrons. The van der Waals surface area contributed by atoms with E-state index in [1.165, 1.54) is 18.9 Å². The van der Waals surface area contributed by atoms with E-state index in [1.54, 1.807) is 0 Å². The first-order chi connectivity index (χ1) is 8.49. The Morgan fingerprint density at radius 2 is 1.94 bits per heavy atom. The summed E-state index contributed by atoms with van der Waals surface area (Å²) in [4.78, 5) is 6.69. The first kappa shape index (κ1) is 12.9. The summed E-state index contributed by atoms with van der Waals surface area (Å²) in [6, 6.07) is 1.35. The Bertz CT molecular complexity index is 416. The zero-order valence-electron chi connectivity index (χ0n) is 9.59. The number of halogens is 3. The monoisotopic (exact) mass is 261 g/mol. The number of hydrazine groups is 1. The Morgan fingerprint density at radius 3 is 2.50 bits per heavy atom. The van der Waals surface area contributed by atoms with Crippen LogP contribution in [0.2, 0.25) is 0 Å². The number of nitrogens with two attached hydrogens (primary N) is 1. The third-order valence-electron chi connectivity index (χ3n) is 2.68. The van der Waals surface area contributed by atoms with Gasteiger partial charge in [0.2, 0.25) is 5.82 Å². The highest BCUT2D eigenvalue weighted by Crippen LogP contribution is 2.32. The van der Waals surface area contributed by atoms with E-state index < -0.39 is 12.0 Å². The molecule has 18 heavy (non-hydrogen) atoms. The molecule has 0 amide bonds. The van der Waals surface area contributed by atoms with Crippen molar-refractivity contribution in [3.63, 3.8) is 0 Å². The van der Waals surface area contributed by atoms with E-state index in [2.05, 4.69) is 20.7 Å². The summed E-state index contributed by atoms with van der Waals surface area (Å²) >= 11 is 0. The van der Waals surface area contributed by atoms with Crippen LogP contribution in [-0.2, 0) is 6.18 Å². The molecule has 1 aromatic rings. The number of anilines is 2. The molecule has 1 aliphatic rings. The van der Waals surface area contributed by atoms with E-state index in [9.17, 15) is 13.2 Å². The fourth-order valence-electron chi connectivity index (χ4n) is 1.55. The van der Waals surface area contributed by atoms with Crippen molar-refractivity contribution in [3.05, 3.63) is 11.9 Å². The summed E-state index contributed by atoms with van der Waals surface area (Å²) < 4.78 is 37.6. The van der Waals surface area contributed by atoms with Crippen LogP contribution in [0.4, 0.5) is 24.8 Å². The first-order valence-corrected chi connectivity index (χ1v) is 5.66. The zero-order chi connectivity index (χ0) is 13.2. The van der Waals surface area contributed by atoms with E-state index in [-0.39, 0.29) is 11.6 Å². The second-order valence-corrected chi connectivity index (χ2v) is 4.26. The highest BCUT2D eigenvalue weighted by molar-refractivity contribution is 5.47. The minimum absolute atomic E-state index is 0.0637. The van der Waals surface area contributed by atoms with Crippen LogP contribution in [0.1, 0.15) is 25.1 Å². The molecule has 2 rings (SSSR count). The molecule has 0 aliphatic heterocycles.